The van der Waals surface area contributed by atoms with Gasteiger partial charge in [0.2, 0.25) is 11.8 Å². The van der Waals surface area contributed by atoms with Crippen molar-refractivity contribution in [3.05, 3.63) is 0 Å². The second kappa shape index (κ2) is 4.64. The van der Waals surface area contributed by atoms with E-state index in [-0.39, 0.29) is 23.9 Å². The summed E-state index contributed by atoms with van der Waals surface area (Å²) in [6, 6.07) is -0.0167. The fraction of sp³-hybridized carbons (Fsp3) is 0.778. The Morgan fingerprint density at radius 1 is 1.71 bits per heavy atom. The van der Waals surface area contributed by atoms with Gasteiger partial charge < -0.3 is 10.6 Å². The second-order valence-electron chi connectivity index (χ2n) is 3.63. The van der Waals surface area contributed by atoms with Crippen LogP contribution in [0.1, 0.15) is 26.7 Å². The third-order valence-corrected chi connectivity index (χ3v) is 2.56. The van der Waals surface area contributed by atoms with Gasteiger partial charge in [-0.2, -0.15) is 0 Å². The van der Waals surface area contributed by atoms with Crippen molar-refractivity contribution in [2.24, 2.45) is 0 Å². The molecule has 1 aliphatic heterocycles. The minimum absolute atomic E-state index is 0.00130. The molecular weight excluding hydrogens is 204 g/mol. The molecule has 3 atom stereocenters. The number of rotatable bonds is 2. The summed E-state index contributed by atoms with van der Waals surface area (Å²) >= 11 is 5.62. The highest BCUT2D eigenvalue weighted by Gasteiger charge is 2.27. The summed E-state index contributed by atoms with van der Waals surface area (Å²) in [5.74, 6) is -0.137. The summed E-state index contributed by atoms with van der Waals surface area (Å²) in [6.07, 6.45) is 1.15. The molecule has 0 spiro atoms. The zero-order valence-electron chi connectivity index (χ0n) is 8.34. The Bertz CT molecular complexity index is 243. The number of carbonyl (C=O) groups is 2. The molecule has 0 aliphatic carbocycles. The highest BCUT2D eigenvalue weighted by Crippen LogP contribution is 2.09. The van der Waals surface area contributed by atoms with Crippen molar-refractivity contribution in [1.82, 2.24) is 10.6 Å². The first-order valence-electron chi connectivity index (χ1n) is 4.74. The van der Waals surface area contributed by atoms with Crippen LogP contribution < -0.4 is 10.6 Å². The van der Waals surface area contributed by atoms with Gasteiger partial charge in [-0.05, 0) is 20.3 Å². The van der Waals surface area contributed by atoms with Crippen LogP contribution in [-0.4, -0.2) is 29.3 Å². The highest BCUT2D eigenvalue weighted by atomic mass is 35.5. The first kappa shape index (κ1) is 11.3. The third-order valence-electron chi connectivity index (χ3n) is 2.36. The molecule has 14 heavy (non-hydrogen) atoms. The molecule has 80 valence electrons. The van der Waals surface area contributed by atoms with E-state index in [4.69, 9.17) is 11.6 Å². The molecule has 2 amide bonds. The summed E-state index contributed by atoms with van der Waals surface area (Å²) in [4.78, 5) is 22.3. The van der Waals surface area contributed by atoms with E-state index >= 15 is 0 Å². The molecule has 0 aromatic heterocycles. The maximum Gasteiger partial charge on any atom is 0.238 e. The van der Waals surface area contributed by atoms with Gasteiger partial charge in [0.25, 0.3) is 0 Å². The van der Waals surface area contributed by atoms with E-state index in [9.17, 15) is 9.59 Å². The lowest BCUT2D eigenvalue weighted by Gasteiger charge is -2.30. The number of hydrogen-bond donors (Lipinski definition) is 2. The molecule has 0 aromatic rings. The van der Waals surface area contributed by atoms with Crippen molar-refractivity contribution in [2.45, 2.75) is 44.1 Å². The molecule has 1 heterocycles. The molecule has 1 saturated heterocycles. The summed E-state index contributed by atoms with van der Waals surface area (Å²) in [5, 5.41) is 5.05. The van der Waals surface area contributed by atoms with Crippen LogP contribution >= 0.6 is 11.6 Å². The molecule has 1 rings (SSSR count). The van der Waals surface area contributed by atoms with Crippen LogP contribution in [0.4, 0.5) is 0 Å². The number of hydrogen-bond acceptors (Lipinski definition) is 2. The van der Waals surface area contributed by atoms with Gasteiger partial charge in [-0.1, -0.05) is 0 Å². The van der Waals surface area contributed by atoms with Gasteiger partial charge >= 0.3 is 0 Å². The molecule has 2 N–H and O–H groups in total. The smallest absolute Gasteiger partial charge is 0.238 e. The fourth-order valence-corrected chi connectivity index (χ4v) is 1.52. The number of amides is 2. The Morgan fingerprint density at radius 2 is 2.36 bits per heavy atom. The molecule has 0 bridgehead atoms. The average Bonchev–Trinajstić information content (AvgIpc) is 2.09. The van der Waals surface area contributed by atoms with Crippen LogP contribution in [0.2, 0.25) is 0 Å². The minimum atomic E-state index is -0.528. The minimum Gasteiger partial charge on any atom is -0.352 e. The van der Waals surface area contributed by atoms with Crippen molar-refractivity contribution in [2.75, 3.05) is 0 Å². The lowest BCUT2D eigenvalue weighted by atomic mass is 9.99. The SMILES string of the molecule is CC(Cl)C(=O)NC1CCC(=O)NC1C. The quantitative estimate of drug-likeness (QED) is 0.660. The van der Waals surface area contributed by atoms with Crippen LogP contribution in [0.25, 0.3) is 0 Å². The maximum absolute atomic E-state index is 11.3. The first-order chi connectivity index (χ1) is 6.50. The molecule has 3 unspecified atom stereocenters. The molecule has 0 aromatic carbocycles. The Kier molecular flexibility index (Phi) is 3.75. The summed E-state index contributed by atoms with van der Waals surface area (Å²) in [7, 11) is 0. The normalized spacial score (nSPS) is 29.2. The number of piperidine rings is 1. The van der Waals surface area contributed by atoms with E-state index in [1.54, 1.807) is 6.92 Å². The fourth-order valence-electron chi connectivity index (χ4n) is 1.46. The van der Waals surface area contributed by atoms with E-state index in [1.807, 2.05) is 6.92 Å². The average molecular weight is 219 g/mol. The third kappa shape index (κ3) is 2.87. The van der Waals surface area contributed by atoms with Crippen molar-refractivity contribution in [1.29, 1.82) is 0 Å². The van der Waals surface area contributed by atoms with Crippen molar-refractivity contribution >= 4 is 23.4 Å². The van der Waals surface area contributed by atoms with Gasteiger partial charge in [0.1, 0.15) is 5.38 Å². The van der Waals surface area contributed by atoms with Crippen molar-refractivity contribution < 1.29 is 9.59 Å². The number of nitrogens with one attached hydrogen (secondary N) is 2. The molecule has 5 heteroatoms. The molecule has 1 fully saturated rings. The van der Waals surface area contributed by atoms with Gasteiger partial charge in [0, 0.05) is 18.5 Å². The highest BCUT2D eigenvalue weighted by molar-refractivity contribution is 6.30. The Labute approximate surface area is 88.4 Å². The van der Waals surface area contributed by atoms with Crippen molar-refractivity contribution in [3.63, 3.8) is 0 Å². The molecular formula is C9H15ClN2O2. The van der Waals surface area contributed by atoms with E-state index in [0.717, 1.165) is 0 Å². The molecule has 0 saturated carbocycles. The van der Waals surface area contributed by atoms with E-state index < -0.39 is 5.38 Å². The van der Waals surface area contributed by atoms with Crippen LogP contribution in [-0.2, 0) is 9.59 Å². The summed E-state index contributed by atoms with van der Waals surface area (Å²) < 4.78 is 0. The maximum atomic E-state index is 11.3. The predicted molar refractivity (Wildman–Crippen MR) is 54.1 cm³/mol. The lowest BCUT2D eigenvalue weighted by Crippen LogP contribution is -2.54. The number of alkyl halides is 1. The monoisotopic (exact) mass is 218 g/mol. The van der Waals surface area contributed by atoms with Crippen LogP contribution in [0, 0.1) is 0 Å². The summed E-state index contributed by atoms with van der Waals surface area (Å²) in [5.41, 5.74) is 0. The zero-order valence-corrected chi connectivity index (χ0v) is 9.10. The number of halogens is 1. The van der Waals surface area contributed by atoms with Gasteiger partial charge in [0.15, 0.2) is 0 Å². The standard InChI is InChI=1S/C9H15ClN2O2/c1-5(10)9(14)12-7-3-4-8(13)11-6(7)2/h5-7H,3-4H2,1-2H3,(H,11,13)(H,12,14). The van der Waals surface area contributed by atoms with E-state index in [0.29, 0.717) is 12.8 Å². The van der Waals surface area contributed by atoms with Gasteiger partial charge in [-0.25, -0.2) is 0 Å². The lowest BCUT2D eigenvalue weighted by molar-refractivity contribution is -0.126. The zero-order chi connectivity index (χ0) is 10.7. The Hall–Kier alpha value is -0.770. The molecule has 1 aliphatic rings. The Morgan fingerprint density at radius 3 is 2.86 bits per heavy atom. The Balaban J connectivity index is 2.45. The van der Waals surface area contributed by atoms with Crippen LogP contribution in [0.15, 0.2) is 0 Å². The first-order valence-corrected chi connectivity index (χ1v) is 5.18. The van der Waals surface area contributed by atoms with Crippen LogP contribution in [0.5, 0.6) is 0 Å². The largest absolute Gasteiger partial charge is 0.352 e. The van der Waals surface area contributed by atoms with E-state index in [1.165, 1.54) is 0 Å². The van der Waals surface area contributed by atoms with Crippen molar-refractivity contribution in [3.8, 4) is 0 Å². The van der Waals surface area contributed by atoms with Gasteiger partial charge in [0.05, 0.1) is 0 Å². The summed E-state index contributed by atoms with van der Waals surface area (Å²) in [6.45, 7) is 3.50. The molecule has 0 radical (unpaired) electrons. The van der Waals surface area contributed by atoms with E-state index in [2.05, 4.69) is 10.6 Å². The van der Waals surface area contributed by atoms with Gasteiger partial charge in [-0.3, -0.25) is 9.59 Å². The molecule has 4 nitrogen and oxygen atoms in total. The van der Waals surface area contributed by atoms with Gasteiger partial charge in [-0.15, -0.1) is 11.6 Å². The topological polar surface area (TPSA) is 58.2 Å². The second-order valence-corrected chi connectivity index (χ2v) is 4.28. The number of carbonyl (C=O) groups excluding carboxylic acids is 2. The predicted octanol–water partition coefficient (Wildman–Crippen LogP) is 0.397. The van der Waals surface area contributed by atoms with Crippen LogP contribution in [0.3, 0.4) is 0 Å².